The van der Waals surface area contributed by atoms with E-state index in [4.69, 9.17) is 0 Å². The van der Waals surface area contributed by atoms with Gasteiger partial charge in [-0.15, -0.1) is 0 Å². The van der Waals surface area contributed by atoms with E-state index >= 15 is 0 Å². The van der Waals surface area contributed by atoms with Gasteiger partial charge in [0, 0.05) is 17.8 Å². The van der Waals surface area contributed by atoms with E-state index in [9.17, 15) is 19.1 Å². The number of benzene rings is 4. The van der Waals surface area contributed by atoms with Crippen molar-refractivity contribution in [2.24, 2.45) is 0 Å². The van der Waals surface area contributed by atoms with Crippen LogP contribution in [0.5, 0.6) is 0 Å². The van der Waals surface area contributed by atoms with Crippen molar-refractivity contribution in [3.8, 4) is 11.1 Å². The fourth-order valence-electron chi connectivity index (χ4n) is 5.32. The maximum Gasteiger partial charge on any atom is 0.335 e. The number of carbonyl (C=O) groups is 2. The summed E-state index contributed by atoms with van der Waals surface area (Å²) in [5.74, 6) is -1.48. The summed E-state index contributed by atoms with van der Waals surface area (Å²) in [5.41, 5.74) is 6.22. The number of aromatic nitrogens is 1. The van der Waals surface area contributed by atoms with E-state index in [-0.39, 0.29) is 23.3 Å². The molecule has 0 spiro atoms. The van der Waals surface area contributed by atoms with Crippen LogP contribution >= 0.6 is 0 Å². The zero-order chi connectivity index (χ0) is 28.5. The molecule has 2 aromatic heterocycles. The molecule has 1 atom stereocenters. The lowest BCUT2D eigenvalue weighted by Crippen LogP contribution is -2.27. The number of carboxylic acid groups (broad SMARTS) is 1. The van der Waals surface area contributed by atoms with Gasteiger partial charge in [0.25, 0.3) is 5.91 Å². The van der Waals surface area contributed by atoms with Crippen molar-refractivity contribution in [1.82, 2.24) is 9.72 Å². The third-order valence-corrected chi connectivity index (χ3v) is 7.47. The topological polar surface area (TPSA) is 70.8 Å². The summed E-state index contributed by atoms with van der Waals surface area (Å²) in [7, 11) is 0. The number of aromatic carboxylic acids is 1. The summed E-state index contributed by atoms with van der Waals surface area (Å²) < 4.78 is 16.2. The lowest BCUT2D eigenvalue weighted by Gasteiger charge is -2.17. The molecule has 1 amide bonds. The van der Waals surface area contributed by atoms with Crippen molar-refractivity contribution in [1.29, 1.82) is 0 Å². The fourth-order valence-corrected chi connectivity index (χ4v) is 5.32. The van der Waals surface area contributed by atoms with Crippen LogP contribution < -0.4 is 5.32 Å². The third-order valence-electron chi connectivity index (χ3n) is 7.47. The standard InChI is InChI=1S/C35H27FN2O3/c1-22(24-11-13-26(14-12-24)35(40)41)37-34(39)31-20-29(25-6-3-2-4-7-25)21-38-17-16-28(33(31)38)19-23-10-15-30-27(18-23)8-5-9-32(30)36/h2-18,20-22H,19H2,1H3,(H,37,39)(H,40,41)/t22-/m0/s1. The van der Waals surface area contributed by atoms with Gasteiger partial charge in [0.05, 0.1) is 22.7 Å². The summed E-state index contributed by atoms with van der Waals surface area (Å²) in [6, 6.07) is 30.8. The molecule has 0 bridgehead atoms. The van der Waals surface area contributed by atoms with E-state index in [0.717, 1.165) is 38.7 Å². The number of rotatable bonds is 7. The predicted octanol–water partition coefficient (Wildman–Crippen LogP) is 7.68. The number of carbonyl (C=O) groups excluding carboxylic acids is 1. The molecule has 2 N–H and O–H groups in total. The molecule has 0 aliphatic heterocycles. The highest BCUT2D eigenvalue weighted by atomic mass is 19.1. The van der Waals surface area contributed by atoms with Gasteiger partial charge in [0.2, 0.25) is 0 Å². The summed E-state index contributed by atoms with van der Waals surface area (Å²) >= 11 is 0. The van der Waals surface area contributed by atoms with E-state index in [1.165, 1.54) is 18.2 Å². The van der Waals surface area contributed by atoms with Crippen molar-refractivity contribution in [2.75, 3.05) is 0 Å². The zero-order valence-electron chi connectivity index (χ0n) is 22.3. The minimum Gasteiger partial charge on any atom is -0.478 e. The van der Waals surface area contributed by atoms with Crippen LogP contribution in [0.3, 0.4) is 0 Å². The predicted molar refractivity (Wildman–Crippen MR) is 159 cm³/mol. The first kappa shape index (κ1) is 26.0. The molecule has 6 aromatic rings. The summed E-state index contributed by atoms with van der Waals surface area (Å²) in [4.78, 5) is 25.1. The van der Waals surface area contributed by atoms with Crippen molar-refractivity contribution in [3.05, 3.63) is 149 Å². The molecule has 0 fully saturated rings. The number of fused-ring (bicyclic) bond motifs is 2. The number of nitrogens with zero attached hydrogens (tertiary/aromatic N) is 1. The molecular formula is C35H27FN2O3. The van der Waals surface area contributed by atoms with E-state index in [1.54, 1.807) is 24.3 Å². The number of pyridine rings is 1. The lowest BCUT2D eigenvalue weighted by atomic mass is 9.98. The monoisotopic (exact) mass is 542 g/mol. The number of nitrogens with one attached hydrogen (secondary N) is 1. The van der Waals surface area contributed by atoms with Crippen molar-refractivity contribution in [2.45, 2.75) is 19.4 Å². The molecular weight excluding hydrogens is 515 g/mol. The molecule has 0 radical (unpaired) electrons. The Morgan fingerprint density at radius 1 is 0.878 bits per heavy atom. The second-order valence-electron chi connectivity index (χ2n) is 10.2. The summed E-state index contributed by atoms with van der Waals surface area (Å²) in [6.07, 6.45) is 4.55. The molecule has 41 heavy (non-hydrogen) atoms. The Morgan fingerprint density at radius 3 is 2.41 bits per heavy atom. The first-order chi connectivity index (χ1) is 19.9. The van der Waals surface area contributed by atoms with Crippen molar-refractivity contribution in [3.63, 3.8) is 0 Å². The Morgan fingerprint density at radius 2 is 1.66 bits per heavy atom. The maximum atomic E-state index is 14.2. The van der Waals surface area contributed by atoms with Crippen LogP contribution in [0.1, 0.15) is 50.4 Å². The average molecular weight is 543 g/mol. The first-order valence-corrected chi connectivity index (χ1v) is 13.4. The molecule has 202 valence electrons. The number of amides is 1. The van der Waals surface area contributed by atoms with Gasteiger partial charge in [0.1, 0.15) is 5.82 Å². The molecule has 2 heterocycles. The molecule has 0 aliphatic rings. The summed E-state index contributed by atoms with van der Waals surface area (Å²) in [6.45, 7) is 1.87. The Hall–Kier alpha value is -5.23. The van der Waals surface area contributed by atoms with E-state index in [1.807, 2.05) is 84.4 Å². The largest absolute Gasteiger partial charge is 0.478 e. The SMILES string of the molecule is C[C@H](NC(=O)c1cc(-c2ccccc2)cn2ccc(Cc3ccc4c(F)cccc4c3)c12)c1ccc(C(=O)O)cc1. The Labute approximate surface area is 236 Å². The molecule has 0 saturated heterocycles. The van der Waals surface area contributed by atoms with E-state index in [2.05, 4.69) is 5.32 Å². The molecule has 0 saturated carbocycles. The second-order valence-corrected chi connectivity index (χ2v) is 10.2. The highest BCUT2D eigenvalue weighted by Crippen LogP contribution is 2.29. The van der Waals surface area contributed by atoms with Gasteiger partial charge in [0.15, 0.2) is 0 Å². The zero-order valence-corrected chi connectivity index (χ0v) is 22.3. The smallest absolute Gasteiger partial charge is 0.335 e. The average Bonchev–Trinajstić information content (AvgIpc) is 3.39. The van der Waals surface area contributed by atoms with Gasteiger partial charge < -0.3 is 14.8 Å². The highest BCUT2D eigenvalue weighted by molar-refractivity contribution is 6.03. The molecule has 4 aromatic carbocycles. The third kappa shape index (κ3) is 5.20. The number of hydrogen-bond acceptors (Lipinski definition) is 2. The Balaban J connectivity index is 1.39. The van der Waals surface area contributed by atoms with Gasteiger partial charge in [-0.3, -0.25) is 4.79 Å². The van der Waals surface area contributed by atoms with Crippen molar-refractivity contribution >= 4 is 28.2 Å². The maximum absolute atomic E-state index is 14.2. The molecule has 5 nitrogen and oxygen atoms in total. The first-order valence-electron chi connectivity index (χ1n) is 13.4. The van der Waals surface area contributed by atoms with E-state index < -0.39 is 5.97 Å². The number of carboxylic acids is 1. The van der Waals surface area contributed by atoms with Crippen LogP contribution in [0.2, 0.25) is 0 Å². The van der Waals surface area contributed by atoms with Crippen LogP contribution in [-0.4, -0.2) is 21.4 Å². The van der Waals surface area contributed by atoms with Crippen LogP contribution in [0.4, 0.5) is 4.39 Å². The number of hydrogen-bond donors (Lipinski definition) is 2. The van der Waals surface area contributed by atoms with Crippen LogP contribution in [0.15, 0.2) is 116 Å². The van der Waals surface area contributed by atoms with Crippen LogP contribution in [0, 0.1) is 5.82 Å². The van der Waals surface area contributed by atoms with Gasteiger partial charge in [-0.1, -0.05) is 72.8 Å². The fraction of sp³-hybridized carbons (Fsp3) is 0.0857. The highest BCUT2D eigenvalue weighted by Gasteiger charge is 2.19. The molecule has 6 heteroatoms. The lowest BCUT2D eigenvalue weighted by molar-refractivity contribution is 0.0696. The van der Waals surface area contributed by atoms with Crippen LogP contribution in [-0.2, 0) is 6.42 Å². The molecule has 6 rings (SSSR count). The van der Waals surface area contributed by atoms with Crippen LogP contribution in [0.25, 0.3) is 27.4 Å². The van der Waals surface area contributed by atoms with Gasteiger partial charge in [-0.2, -0.15) is 0 Å². The minimum absolute atomic E-state index is 0.193. The van der Waals surface area contributed by atoms with Crippen molar-refractivity contribution < 1.29 is 19.1 Å². The molecule has 0 unspecified atom stereocenters. The Bertz CT molecular complexity index is 1910. The quantitative estimate of drug-likeness (QED) is 0.217. The van der Waals surface area contributed by atoms with Gasteiger partial charge in [-0.05, 0) is 76.9 Å². The second kappa shape index (κ2) is 10.7. The van der Waals surface area contributed by atoms with E-state index in [0.29, 0.717) is 17.4 Å². The van der Waals surface area contributed by atoms with Gasteiger partial charge in [-0.25, -0.2) is 9.18 Å². The normalized spacial score (nSPS) is 12.0. The number of halogens is 1. The minimum atomic E-state index is -0.995. The molecule has 0 aliphatic carbocycles. The Kier molecular flexibility index (Phi) is 6.81. The summed E-state index contributed by atoms with van der Waals surface area (Å²) in [5, 5.41) is 13.7. The van der Waals surface area contributed by atoms with Gasteiger partial charge >= 0.3 is 5.97 Å².